The van der Waals surface area contributed by atoms with Crippen LogP contribution in [0.5, 0.6) is 0 Å². The van der Waals surface area contributed by atoms with Crippen LogP contribution >= 0.6 is 0 Å². The highest BCUT2D eigenvalue weighted by atomic mass is 16.5. The minimum atomic E-state index is 0.0249. The Bertz CT molecular complexity index is 424. The van der Waals surface area contributed by atoms with E-state index in [4.69, 9.17) is 14.2 Å². The van der Waals surface area contributed by atoms with E-state index in [2.05, 4.69) is 0 Å². The number of carbonyl (C=O) groups is 1. The van der Waals surface area contributed by atoms with Gasteiger partial charge in [-0.2, -0.15) is 0 Å². The summed E-state index contributed by atoms with van der Waals surface area (Å²) in [4.78, 5) is 13.7. The van der Waals surface area contributed by atoms with Gasteiger partial charge in [0.25, 0.3) is 0 Å². The number of likely N-dealkylation sites (tertiary alicyclic amines) is 1. The van der Waals surface area contributed by atoms with E-state index in [1.165, 1.54) is 0 Å². The maximum Gasteiger partial charge on any atom is 0.248 e. The highest BCUT2D eigenvalue weighted by molar-refractivity contribution is 5.77. The number of methoxy groups -OCH3 is 1. The van der Waals surface area contributed by atoms with Crippen molar-refractivity contribution in [2.75, 3.05) is 40.0 Å². The van der Waals surface area contributed by atoms with E-state index >= 15 is 0 Å². The number of carbonyl (C=O) groups excluding carboxylic acids is 1. The van der Waals surface area contributed by atoms with Gasteiger partial charge in [0.05, 0.1) is 25.9 Å². The topological polar surface area (TPSA) is 48.0 Å². The molecule has 0 bridgehead atoms. The number of hydrogen-bond donors (Lipinski definition) is 0. The standard InChI is InChI=1S/C16H23NO4/c1-19-9-10-20-13-16(18)17-8-7-15(11-17)21-12-14-5-3-2-4-6-14/h2-6,15H,7-13H2,1H3. The predicted molar refractivity (Wildman–Crippen MR) is 78.9 cm³/mol. The summed E-state index contributed by atoms with van der Waals surface area (Å²) in [6, 6.07) is 10.1. The summed E-state index contributed by atoms with van der Waals surface area (Å²) in [6.07, 6.45) is 1.00. The van der Waals surface area contributed by atoms with E-state index in [1.54, 1.807) is 7.11 Å². The fourth-order valence-electron chi connectivity index (χ4n) is 2.27. The predicted octanol–water partition coefficient (Wildman–Crippen LogP) is 1.47. The zero-order valence-electron chi connectivity index (χ0n) is 12.5. The molecule has 0 N–H and O–H groups in total. The SMILES string of the molecule is COCCOCC(=O)N1CCC(OCc2ccccc2)C1. The first-order chi connectivity index (χ1) is 10.3. The minimum absolute atomic E-state index is 0.0249. The summed E-state index contributed by atoms with van der Waals surface area (Å²) in [7, 11) is 1.61. The van der Waals surface area contributed by atoms with Crippen LogP contribution in [0.25, 0.3) is 0 Å². The molecule has 0 saturated carbocycles. The lowest BCUT2D eigenvalue weighted by molar-refractivity contribution is -0.136. The lowest BCUT2D eigenvalue weighted by atomic mass is 10.2. The summed E-state index contributed by atoms with van der Waals surface area (Å²) in [5.41, 5.74) is 1.16. The molecule has 1 saturated heterocycles. The van der Waals surface area contributed by atoms with Crippen LogP contribution in [0.2, 0.25) is 0 Å². The second kappa shape index (κ2) is 8.77. The zero-order chi connectivity index (χ0) is 14.9. The highest BCUT2D eigenvalue weighted by Crippen LogP contribution is 2.15. The molecule has 1 amide bonds. The molecule has 1 aliphatic heterocycles. The summed E-state index contributed by atoms with van der Waals surface area (Å²) in [5.74, 6) is 0.0249. The molecule has 1 aromatic rings. The molecule has 1 heterocycles. The Morgan fingerprint density at radius 2 is 2.10 bits per heavy atom. The Balaban J connectivity index is 1.65. The average Bonchev–Trinajstić information content (AvgIpc) is 2.99. The molecule has 1 unspecified atom stereocenters. The summed E-state index contributed by atoms with van der Waals surface area (Å²) < 4.78 is 16.0. The Hall–Kier alpha value is -1.43. The second-order valence-electron chi connectivity index (χ2n) is 5.09. The number of rotatable bonds is 8. The van der Waals surface area contributed by atoms with Gasteiger partial charge in [-0.05, 0) is 12.0 Å². The van der Waals surface area contributed by atoms with Gasteiger partial charge in [-0.25, -0.2) is 0 Å². The van der Waals surface area contributed by atoms with E-state index < -0.39 is 0 Å². The van der Waals surface area contributed by atoms with Gasteiger partial charge in [-0.1, -0.05) is 30.3 Å². The summed E-state index contributed by atoms with van der Waals surface area (Å²) in [6.45, 7) is 3.07. The first kappa shape index (κ1) is 15.9. The third-order valence-corrected chi connectivity index (χ3v) is 3.48. The molecule has 116 valence electrons. The first-order valence-electron chi connectivity index (χ1n) is 7.29. The van der Waals surface area contributed by atoms with Crippen LogP contribution < -0.4 is 0 Å². The van der Waals surface area contributed by atoms with Crippen LogP contribution in [0.1, 0.15) is 12.0 Å². The third kappa shape index (κ3) is 5.46. The fourth-order valence-corrected chi connectivity index (χ4v) is 2.27. The Kier molecular flexibility index (Phi) is 6.66. The van der Waals surface area contributed by atoms with Crippen LogP contribution in [0.4, 0.5) is 0 Å². The molecule has 0 aromatic heterocycles. The minimum Gasteiger partial charge on any atom is -0.382 e. The van der Waals surface area contributed by atoms with Gasteiger partial charge in [0.2, 0.25) is 5.91 Å². The van der Waals surface area contributed by atoms with Crippen molar-refractivity contribution in [1.82, 2.24) is 4.90 Å². The van der Waals surface area contributed by atoms with Crippen LogP contribution in [-0.2, 0) is 25.6 Å². The molecule has 1 aliphatic rings. The van der Waals surface area contributed by atoms with E-state index in [9.17, 15) is 4.79 Å². The number of benzene rings is 1. The molecular weight excluding hydrogens is 270 g/mol. The van der Waals surface area contributed by atoms with E-state index in [-0.39, 0.29) is 18.6 Å². The lowest BCUT2D eigenvalue weighted by Gasteiger charge is -2.17. The van der Waals surface area contributed by atoms with Crippen LogP contribution in [0, 0.1) is 0 Å². The first-order valence-corrected chi connectivity index (χ1v) is 7.29. The number of amides is 1. The quantitative estimate of drug-likeness (QED) is 0.681. The lowest BCUT2D eigenvalue weighted by Crippen LogP contribution is -2.33. The van der Waals surface area contributed by atoms with Crippen molar-refractivity contribution in [1.29, 1.82) is 0 Å². The Labute approximate surface area is 125 Å². The van der Waals surface area contributed by atoms with Crippen molar-refractivity contribution in [3.05, 3.63) is 35.9 Å². The van der Waals surface area contributed by atoms with Crippen molar-refractivity contribution in [3.63, 3.8) is 0 Å². The molecule has 5 nitrogen and oxygen atoms in total. The van der Waals surface area contributed by atoms with Gasteiger partial charge in [0.15, 0.2) is 0 Å². The van der Waals surface area contributed by atoms with Crippen LogP contribution in [0.3, 0.4) is 0 Å². The van der Waals surface area contributed by atoms with Gasteiger partial charge >= 0.3 is 0 Å². The zero-order valence-corrected chi connectivity index (χ0v) is 12.5. The molecule has 0 aliphatic carbocycles. The highest BCUT2D eigenvalue weighted by Gasteiger charge is 2.26. The summed E-state index contributed by atoms with van der Waals surface area (Å²) in [5, 5.41) is 0. The third-order valence-electron chi connectivity index (χ3n) is 3.48. The molecule has 0 radical (unpaired) electrons. The molecule has 1 aromatic carbocycles. The van der Waals surface area contributed by atoms with Gasteiger partial charge in [0, 0.05) is 20.2 Å². The van der Waals surface area contributed by atoms with Crippen molar-refractivity contribution >= 4 is 5.91 Å². The van der Waals surface area contributed by atoms with Crippen molar-refractivity contribution in [3.8, 4) is 0 Å². The van der Waals surface area contributed by atoms with Gasteiger partial charge in [-0.15, -0.1) is 0 Å². The smallest absolute Gasteiger partial charge is 0.248 e. The molecule has 21 heavy (non-hydrogen) atoms. The van der Waals surface area contributed by atoms with Gasteiger partial charge in [-0.3, -0.25) is 4.79 Å². The average molecular weight is 293 g/mol. The van der Waals surface area contributed by atoms with E-state index in [0.29, 0.717) is 26.4 Å². The van der Waals surface area contributed by atoms with Crippen molar-refractivity contribution < 1.29 is 19.0 Å². The molecule has 0 spiro atoms. The van der Waals surface area contributed by atoms with Gasteiger partial charge < -0.3 is 19.1 Å². The number of nitrogens with zero attached hydrogens (tertiary/aromatic N) is 1. The summed E-state index contributed by atoms with van der Waals surface area (Å²) >= 11 is 0. The second-order valence-corrected chi connectivity index (χ2v) is 5.09. The van der Waals surface area contributed by atoms with Crippen LogP contribution in [0.15, 0.2) is 30.3 Å². The Morgan fingerprint density at radius 1 is 1.29 bits per heavy atom. The molecule has 1 fully saturated rings. The molecule has 2 rings (SSSR count). The van der Waals surface area contributed by atoms with E-state index in [1.807, 2.05) is 35.2 Å². The normalized spacial score (nSPS) is 18.1. The monoisotopic (exact) mass is 293 g/mol. The van der Waals surface area contributed by atoms with Crippen molar-refractivity contribution in [2.24, 2.45) is 0 Å². The Morgan fingerprint density at radius 3 is 2.86 bits per heavy atom. The largest absolute Gasteiger partial charge is 0.382 e. The molecular formula is C16H23NO4. The van der Waals surface area contributed by atoms with Crippen molar-refractivity contribution in [2.45, 2.75) is 19.1 Å². The molecule has 1 atom stereocenters. The maximum absolute atomic E-state index is 11.9. The maximum atomic E-state index is 11.9. The van der Waals surface area contributed by atoms with E-state index in [0.717, 1.165) is 18.5 Å². The number of ether oxygens (including phenoxy) is 3. The van der Waals surface area contributed by atoms with Crippen LogP contribution in [-0.4, -0.2) is 56.9 Å². The van der Waals surface area contributed by atoms with Gasteiger partial charge in [0.1, 0.15) is 6.61 Å². The number of hydrogen-bond acceptors (Lipinski definition) is 4. The molecule has 5 heteroatoms. The fraction of sp³-hybridized carbons (Fsp3) is 0.562.